The number of amides is 1. The number of halogens is 1. The van der Waals surface area contributed by atoms with Crippen LogP contribution in [-0.4, -0.2) is 46.9 Å². The summed E-state index contributed by atoms with van der Waals surface area (Å²) in [7, 11) is 0. The van der Waals surface area contributed by atoms with E-state index >= 15 is 0 Å². The minimum absolute atomic E-state index is 0.216. The monoisotopic (exact) mass is 361 g/mol. The Morgan fingerprint density at radius 3 is 2.40 bits per heavy atom. The standard InChI is InChI=1S/C19H24ClN3O2/c1-19(2,3)18(24)23-10-8-22(9-11-23)13-17-21-12-16(25-17)14-4-6-15(20)7-5-14/h4-7,12H,8-11,13H2,1-3H3. The van der Waals surface area contributed by atoms with Gasteiger partial charge in [0.1, 0.15) is 0 Å². The van der Waals surface area contributed by atoms with E-state index in [4.69, 9.17) is 16.0 Å². The number of hydrogen-bond donors (Lipinski definition) is 0. The maximum Gasteiger partial charge on any atom is 0.228 e. The average molecular weight is 362 g/mol. The number of rotatable bonds is 3. The van der Waals surface area contributed by atoms with E-state index in [-0.39, 0.29) is 11.3 Å². The van der Waals surface area contributed by atoms with E-state index in [9.17, 15) is 4.79 Å². The van der Waals surface area contributed by atoms with Crippen molar-refractivity contribution in [2.24, 2.45) is 5.41 Å². The third-order valence-corrected chi connectivity index (χ3v) is 4.59. The Balaban J connectivity index is 1.56. The van der Waals surface area contributed by atoms with Crippen LogP contribution in [0, 0.1) is 5.41 Å². The molecule has 1 saturated heterocycles. The summed E-state index contributed by atoms with van der Waals surface area (Å²) in [5.41, 5.74) is 0.641. The molecule has 0 aliphatic carbocycles. The molecule has 6 heteroatoms. The van der Waals surface area contributed by atoms with Gasteiger partial charge in [-0.3, -0.25) is 9.69 Å². The first-order valence-electron chi connectivity index (χ1n) is 8.55. The minimum atomic E-state index is -0.321. The van der Waals surface area contributed by atoms with E-state index in [2.05, 4.69) is 9.88 Å². The van der Waals surface area contributed by atoms with Gasteiger partial charge in [0.25, 0.3) is 0 Å². The van der Waals surface area contributed by atoms with Gasteiger partial charge in [0.15, 0.2) is 5.76 Å². The molecule has 0 bridgehead atoms. The SMILES string of the molecule is CC(C)(C)C(=O)N1CCN(Cc2ncc(-c3ccc(Cl)cc3)o2)CC1. The van der Waals surface area contributed by atoms with E-state index in [1.54, 1.807) is 6.20 Å². The zero-order chi connectivity index (χ0) is 18.0. The van der Waals surface area contributed by atoms with Crippen molar-refractivity contribution in [3.63, 3.8) is 0 Å². The van der Waals surface area contributed by atoms with Gasteiger partial charge in [0.05, 0.1) is 12.7 Å². The largest absolute Gasteiger partial charge is 0.439 e. The Kier molecular flexibility index (Phi) is 5.16. The lowest BCUT2D eigenvalue weighted by atomic mass is 9.94. The van der Waals surface area contributed by atoms with Crippen molar-refractivity contribution in [3.05, 3.63) is 41.4 Å². The molecule has 1 amide bonds. The highest BCUT2D eigenvalue weighted by atomic mass is 35.5. The molecule has 1 fully saturated rings. The highest BCUT2D eigenvalue weighted by Crippen LogP contribution is 2.23. The molecule has 0 spiro atoms. The van der Waals surface area contributed by atoms with E-state index in [1.165, 1.54) is 0 Å². The Labute approximate surface area is 153 Å². The van der Waals surface area contributed by atoms with E-state index < -0.39 is 0 Å². The smallest absolute Gasteiger partial charge is 0.228 e. The van der Waals surface area contributed by atoms with Crippen molar-refractivity contribution in [2.45, 2.75) is 27.3 Å². The molecule has 5 nitrogen and oxygen atoms in total. The molecule has 0 unspecified atom stereocenters. The molecule has 3 rings (SSSR count). The number of carbonyl (C=O) groups excluding carboxylic acids is 1. The topological polar surface area (TPSA) is 49.6 Å². The van der Waals surface area contributed by atoms with E-state index in [0.29, 0.717) is 17.5 Å². The lowest BCUT2D eigenvalue weighted by Crippen LogP contribution is -2.51. The first-order valence-corrected chi connectivity index (χ1v) is 8.93. The number of oxazole rings is 1. The molecule has 1 aromatic heterocycles. The number of hydrogen-bond acceptors (Lipinski definition) is 4. The molecule has 2 heterocycles. The normalized spacial score (nSPS) is 16.2. The van der Waals surface area contributed by atoms with Crippen LogP contribution in [-0.2, 0) is 11.3 Å². The summed E-state index contributed by atoms with van der Waals surface area (Å²) >= 11 is 5.91. The van der Waals surface area contributed by atoms with Crippen molar-refractivity contribution in [3.8, 4) is 11.3 Å². The summed E-state index contributed by atoms with van der Waals surface area (Å²) in [5.74, 6) is 1.65. The van der Waals surface area contributed by atoms with Crippen LogP contribution in [0.2, 0.25) is 5.02 Å². The molecular weight excluding hydrogens is 338 g/mol. The van der Waals surface area contributed by atoms with Crippen LogP contribution in [0.3, 0.4) is 0 Å². The van der Waals surface area contributed by atoms with Crippen LogP contribution in [0.15, 0.2) is 34.9 Å². The average Bonchev–Trinajstić information content (AvgIpc) is 3.03. The fraction of sp³-hybridized carbons (Fsp3) is 0.474. The molecular formula is C19H24ClN3O2. The minimum Gasteiger partial charge on any atom is -0.439 e. The molecule has 1 aliphatic heterocycles. The van der Waals surface area contributed by atoms with Crippen LogP contribution >= 0.6 is 11.6 Å². The summed E-state index contributed by atoms with van der Waals surface area (Å²) in [6.45, 7) is 9.72. The molecule has 0 radical (unpaired) electrons. The summed E-state index contributed by atoms with van der Waals surface area (Å²) in [6, 6.07) is 7.52. The fourth-order valence-electron chi connectivity index (χ4n) is 2.91. The van der Waals surface area contributed by atoms with E-state index in [0.717, 1.165) is 37.5 Å². The zero-order valence-electron chi connectivity index (χ0n) is 15.0. The van der Waals surface area contributed by atoms with Gasteiger partial charge in [-0.05, 0) is 24.3 Å². The maximum atomic E-state index is 12.3. The van der Waals surface area contributed by atoms with Gasteiger partial charge in [0.2, 0.25) is 11.8 Å². The number of piperazine rings is 1. The quantitative estimate of drug-likeness (QED) is 0.836. The first-order chi connectivity index (χ1) is 11.8. The second kappa shape index (κ2) is 7.18. The van der Waals surface area contributed by atoms with Crippen molar-refractivity contribution in [1.82, 2.24) is 14.8 Å². The van der Waals surface area contributed by atoms with Gasteiger partial charge >= 0.3 is 0 Å². The van der Waals surface area contributed by atoms with Crippen molar-refractivity contribution in [2.75, 3.05) is 26.2 Å². The maximum absolute atomic E-state index is 12.3. The number of aromatic nitrogens is 1. The summed E-state index contributed by atoms with van der Waals surface area (Å²) in [6.07, 6.45) is 1.75. The predicted molar refractivity (Wildman–Crippen MR) is 98.3 cm³/mol. The predicted octanol–water partition coefficient (Wildman–Crippen LogP) is 3.69. The van der Waals surface area contributed by atoms with Gasteiger partial charge in [-0.15, -0.1) is 0 Å². The van der Waals surface area contributed by atoms with Crippen LogP contribution in [0.4, 0.5) is 0 Å². The lowest BCUT2D eigenvalue weighted by molar-refractivity contribution is -0.141. The molecule has 25 heavy (non-hydrogen) atoms. The molecule has 0 atom stereocenters. The molecule has 1 aromatic carbocycles. The van der Waals surface area contributed by atoms with Gasteiger partial charge < -0.3 is 9.32 Å². The van der Waals surface area contributed by atoms with Gasteiger partial charge in [-0.2, -0.15) is 0 Å². The molecule has 2 aromatic rings. The Bertz CT molecular complexity index is 726. The second-order valence-corrected chi connectivity index (χ2v) is 7.88. The highest BCUT2D eigenvalue weighted by Gasteiger charge is 2.29. The molecule has 0 N–H and O–H groups in total. The third kappa shape index (κ3) is 4.41. The first kappa shape index (κ1) is 18.0. The number of nitrogens with zero attached hydrogens (tertiary/aromatic N) is 3. The fourth-order valence-corrected chi connectivity index (χ4v) is 3.03. The number of benzene rings is 1. The Morgan fingerprint density at radius 1 is 1.16 bits per heavy atom. The Morgan fingerprint density at radius 2 is 1.80 bits per heavy atom. The van der Waals surface area contributed by atoms with Gasteiger partial charge in [0, 0.05) is 42.2 Å². The second-order valence-electron chi connectivity index (χ2n) is 7.44. The summed E-state index contributed by atoms with van der Waals surface area (Å²) in [4.78, 5) is 20.9. The van der Waals surface area contributed by atoms with Gasteiger partial charge in [-0.1, -0.05) is 32.4 Å². The summed E-state index contributed by atoms with van der Waals surface area (Å²) < 4.78 is 5.86. The summed E-state index contributed by atoms with van der Waals surface area (Å²) in [5, 5.41) is 0.700. The molecule has 1 aliphatic rings. The Hall–Kier alpha value is -1.85. The van der Waals surface area contributed by atoms with E-state index in [1.807, 2.05) is 49.9 Å². The van der Waals surface area contributed by atoms with Crippen LogP contribution in [0.5, 0.6) is 0 Å². The lowest BCUT2D eigenvalue weighted by Gasteiger charge is -2.37. The van der Waals surface area contributed by atoms with Crippen molar-refractivity contribution in [1.29, 1.82) is 0 Å². The van der Waals surface area contributed by atoms with Gasteiger partial charge in [-0.25, -0.2) is 4.98 Å². The zero-order valence-corrected chi connectivity index (χ0v) is 15.7. The van der Waals surface area contributed by atoms with Crippen LogP contribution in [0.25, 0.3) is 11.3 Å². The van der Waals surface area contributed by atoms with Crippen LogP contribution in [0.1, 0.15) is 26.7 Å². The molecule has 134 valence electrons. The highest BCUT2D eigenvalue weighted by molar-refractivity contribution is 6.30. The third-order valence-electron chi connectivity index (χ3n) is 4.34. The van der Waals surface area contributed by atoms with Crippen LogP contribution < -0.4 is 0 Å². The van der Waals surface area contributed by atoms with Crippen molar-refractivity contribution >= 4 is 17.5 Å². The molecule has 0 saturated carbocycles. The van der Waals surface area contributed by atoms with Crippen molar-refractivity contribution < 1.29 is 9.21 Å². The number of carbonyl (C=O) groups is 1.